The fourth-order valence-electron chi connectivity index (χ4n) is 8.36. The van der Waals surface area contributed by atoms with Crippen LogP contribution >= 0.6 is 0 Å². The second kappa shape index (κ2) is 18.5. The molecular weight excluding hydrogens is 697 g/mol. The highest BCUT2D eigenvalue weighted by Crippen LogP contribution is 2.44. The predicted octanol–water partition coefficient (Wildman–Crippen LogP) is 6.45. The summed E-state index contributed by atoms with van der Waals surface area (Å²) in [5.74, 6) is -1.20. The van der Waals surface area contributed by atoms with Crippen molar-refractivity contribution in [3.8, 4) is 0 Å². The van der Waals surface area contributed by atoms with Gasteiger partial charge in [-0.25, -0.2) is 0 Å². The summed E-state index contributed by atoms with van der Waals surface area (Å²) < 4.78 is 23.9. The minimum atomic E-state index is -1.44. The van der Waals surface area contributed by atoms with Gasteiger partial charge >= 0.3 is 11.9 Å². The third kappa shape index (κ3) is 10.6. The number of piperazine rings is 1. The Kier molecular flexibility index (Phi) is 14.3. The summed E-state index contributed by atoms with van der Waals surface area (Å²) in [7, 11) is 1.76. The number of methoxy groups -OCH3 is 1. The van der Waals surface area contributed by atoms with Crippen molar-refractivity contribution in [3.05, 3.63) is 108 Å². The first-order valence-corrected chi connectivity index (χ1v) is 19.8. The SMILES string of the molecule is CCC(OC)C(C)C1OC1C1NC(c2ccccc2)C(c2ccccc2)NC1(C)C=CC=C(C)C1OC(=O)CC(O)CCC(C)(O)C(OC(C)=O)C=CC1C. The van der Waals surface area contributed by atoms with Crippen molar-refractivity contribution in [1.29, 1.82) is 0 Å². The molecule has 10 heteroatoms. The number of benzene rings is 2. The molecule has 2 aromatic carbocycles. The maximum atomic E-state index is 13.1. The largest absolute Gasteiger partial charge is 0.457 e. The molecule has 10 nitrogen and oxygen atoms in total. The molecule has 300 valence electrons. The standard InChI is InChI=1S/C45H62N2O8/c1-9-35(52-8)30(4)41-42(55-41)43-44(6,47-39(33-20-14-11-15-21-33)38(46-43)32-18-12-10-13-19-32)25-16-17-28(2)40-29(3)22-23-36(53-31(5)48)45(7,51)26-24-34(49)27-37(50)54-40/h10-23,25,29-30,34-36,38-43,46-47,49,51H,9,24,26-27H2,1-8H3. The van der Waals surface area contributed by atoms with Crippen LogP contribution in [0.15, 0.2) is 96.6 Å². The van der Waals surface area contributed by atoms with Crippen LogP contribution in [0, 0.1) is 11.8 Å². The fraction of sp³-hybridized carbons (Fsp3) is 0.556. The molecule has 0 spiro atoms. The molecule has 5 rings (SSSR count). The van der Waals surface area contributed by atoms with E-state index in [-0.39, 0.29) is 67.5 Å². The molecule has 0 bridgehead atoms. The van der Waals surface area contributed by atoms with Crippen LogP contribution in [0.2, 0.25) is 0 Å². The van der Waals surface area contributed by atoms with Gasteiger partial charge in [0.25, 0.3) is 0 Å². The molecular formula is C45H62N2O8. The van der Waals surface area contributed by atoms with Gasteiger partial charge in [-0.1, -0.05) is 106 Å². The van der Waals surface area contributed by atoms with Crippen LogP contribution in [-0.2, 0) is 28.5 Å². The number of hydrogen-bond donors (Lipinski definition) is 4. The van der Waals surface area contributed by atoms with Gasteiger partial charge in [-0.2, -0.15) is 0 Å². The van der Waals surface area contributed by atoms with Crippen LogP contribution < -0.4 is 10.6 Å². The van der Waals surface area contributed by atoms with Crippen LogP contribution in [0.25, 0.3) is 0 Å². The number of carbonyl (C=O) groups excluding carboxylic acids is 2. The summed E-state index contributed by atoms with van der Waals surface area (Å²) in [6.07, 6.45) is 7.94. The number of rotatable bonds is 11. The zero-order valence-corrected chi connectivity index (χ0v) is 33.7. The molecule has 0 saturated carbocycles. The topological polar surface area (TPSA) is 139 Å². The van der Waals surface area contributed by atoms with E-state index in [4.69, 9.17) is 18.9 Å². The Labute approximate surface area is 327 Å². The van der Waals surface area contributed by atoms with Gasteiger partial charge in [-0.05, 0) is 62.8 Å². The second-order valence-electron chi connectivity index (χ2n) is 16.2. The first-order valence-electron chi connectivity index (χ1n) is 19.8. The van der Waals surface area contributed by atoms with E-state index in [1.165, 1.54) is 12.5 Å². The molecule has 13 unspecified atom stereocenters. The van der Waals surface area contributed by atoms with Crippen LogP contribution in [-0.4, -0.2) is 83.1 Å². The number of cyclic esters (lactones) is 1. The molecule has 3 aliphatic rings. The van der Waals surface area contributed by atoms with E-state index in [0.29, 0.717) is 0 Å². The number of aliphatic hydroxyl groups is 2. The summed E-state index contributed by atoms with van der Waals surface area (Å²) in [4.78, 5) is 25.1. The van der Waals surface area contributed by atoms with Crippen molar-refractivity contribution < 1.29 is 38.7 Å². The van der Waals surface area contributed by atoms with Gasteiger partial charge < -0.3 is 34.5 Å². The lowest BCUT2D eigenvalue weighted by atomic mass is 9.78. The van der Waals surface area contributed by atoms with Gasteiger partial charge in [0.2, 0.25) is 0 Å². The maximum absolute atomic E-state index is 13.1. The number of carbonyl (C=O) groups is 2. The van der Waals surface area contributed by atoms with Crippen LogP contribution in [0.3, 0.4) is 0 Å². The molecule has 3 aliphatic heterocycles. The molecule has 13 atom stereocenters. The summed E-state index contributed by atoms with van der Waals surface area (Å²) in [5.41, 5.74) is 1.10. The van der Waals surface area contributed by atoms with E-state index in [2.05, 4.69) is 86.0 Å². The van der Waals surface area contributed by atoms with Gasteiger partial charge in [0.1, 0.15) is 23.9 Å². The Balaban J connectivity index is 1.49. The monoisotopic (exact) mass is 758 g/mol. The molecule has 0 aliphatic carbocycles. The van der Waals surface area contributed by atoms with Crippen LogP contribution in [0.4, 0.5) is 0 Å². The van der Waals surface area contributed by atoms with E-state index in [9.17, 15) is 19.8 Å². The molecule has 4 N–H and O–H groups in total. The quantitative estimate of drug-likeness (QED) is 0.0876. The summed E-state index contributed by atoms with van der Waals surface area (Å²) in [6.45, 7) is 13.2. The average molecular weight is 759 g/mol. The molecule has 0 amide bonds. The van der Waals surface area contributed by atoms with Crippen molar-refractivity contribution in [2.45, 2.75) is 140 Å². The summed E-state index contributed by atoms with van der Waals surface area (Å²) in [6, 6.07) is 20.8. The molecule has 2 saturated heterocycles. The zero-order chi connectivity index (χ0) is 39.9. The van der Waals surface area contributed by atoms with E-state index >= 15 is 0 Å². The highest BCUT2D eigenvalue weighted by Gasteiger charge is 2.57. The normalized spacial score (nSPS) is 35.9. The highest BCUT2D eigenvalue weighted by molar-refractivity contribution is 5.70. The Hall–Kier alpha value is -3.64. The molecule has 55 heavy (non-hydrogen) atoms. The Morgan fingerprint density at radius 3 is 2.27 bits per heavy atom. The number of allylic oxidation sites excluding steroid dienone is 2. The van der Waals surface area contributed by atoms with Crippen molar-refractivity contribution in [2.24, 2.45) is 11.8 Å². The summed E-state index contributed by atoms with van der Waals surface area (Å²) >= 11 is 0. The number of epoxide rings is 1. The van der Waals surface area contributed by atoms with Crippen molar-refractivity contribution in [1.82, 2.24) is 10.6 Å². The molecule has 2 aromatic rings. The average Bonchev–Trinajstić information content (AvgIpc) is 3.95. The van der Waals surface area contributed by atoms with Gasteiger partial charge in [0.05, 0.1) is 48.4 Å². The smallest absolute Gasteiger partial charge is 0.309 e. The van der Waals surface area contributed by atoms with Crippen molar-refractivity contribution in [3.63, 3.8) is 0 Å². The lowest BCUT2D eigenvalue weighted by molar-refractivity contribution is -0.157. The van der Waals surface area contributed by atoms with Gasteiger partial charge in [0, 0.05) is 25.9 Å². The Bertz CT molecular complexity index is 1660. The van der Waals surface area contributed by atoms with E-state index in [0.717, 1.165) is 17.6 Å². The van der Waals surface area contributed by atoms with Gasteiger partial charge in [-0.15, -0.1) is 0 Å². The first kappa shape index (κ1) is 42.5. The minimum Gasteiger partial charge on any atom is -0.457 e. The first-order chi connectivity index (χ1) is 26.2. The van der Waals surface area contributed by atoms with Crippen molar-refractivity contribution in [2.75, 3.05) is 7.11 Å². The third-order valence-electron chi connectivity index (χ3n) is 11.7. The number of hydrogen-bond acceptors (Lipinski definition) is 10. The minimum absolute atomic E-state index is 0.0223. The molecule has 3 heterocycles. The van der Waals surface area contributed by atoms with E-state index in [1.54, 1.807) is 20.1 Å². The molecule has 2 fully saturated rings. The highest BCUT2D eigenvalue weighted by atomic mass is 16.6. The molecule has 0 aromatic heterocycles. The third-order valence-corrected chi connectivity index (χ3v) is 11.7. The Morgan fingerprint density at radius 2 is 1.67 bits per heavy atom. The zero-order valence-electron chi connectivity index (χ0n) is 33.7. The number of aliphatic hydroxyl groups excluding tert-OH is 1. The van der Waals surface area contributed by atoms with Crippen LogP contribution in [0.1, 0.15) is 97.4 Å². The number of nitrogens with one attached hydrogen (secondary N) is 2. The summed E-state index contributed by atoms with van der Waals surface area (Å²) in [5, 5.41) is 30.0. The predicted molar refractivity (Wildman–Crippen MR) is 213 cm³/mol. The fourth-order valence-corrected chi connectivity index (χ4v) is 8.36. The van der Waals surface area contributed by atoms with E-state index in [1.807, 2.05) is 44.2 Å². The van der Waals surface area contributed by atoms with E-state index < -0.39 is 41.4 Å². The lowest BCUT2D eigenvalue weighted by Crippen LogP contribution is -2.67. The Morgan fingerprint density at radius 1 is 1.04 bits per heavy atom. The second-order valence-corrected chi connectivity index (χ2v) is 16.2. The van der Waals surface area contributed by atoms with Gasteiger partial charge in [-0.3, -0.25) is 14.9 Å². The number of esters is 2. The van der Waals surface area contributed by atoms with Crippen molar-refractivity contribution >= 4 is 11.9 Å². The van der Waals surface area contributed by atoms with Gasteiger partial charge in [0.15, 0.2) is 0 Å². The van der Waals surface area contributed by atoms with Crippen LogP contribution in [0.5, 0.6) is 0 Å². The lowest BCUT2D eigenvalue weighted by Gasteiger charge is -2.49. The maximum Gasteiger partial charge on any atom is 0.309 e. The number of ether oxygens (including phenoxy) is 4. The molecule has 0 radical (unpaired) electrons.